The van der Waals surface area contributed by atoms with E-state index in [0.29, 0.717) is 0 Å². The van der Waals surface area contributed by atoms with E-state index >= 15 is 0 Å². The molecule has 0 bridgehead atoms. The molecule has 0 aromatic rings. The molecule has 0 N–H and O–H groups in total. The number of hydrogen-bond acceptors (Lipinski definition) is 2. The highest BCUT2D eigenvalue weighted by molar-refractivity contribution is 5.25. The summed E-state index contributed by atoms with van der Waals surface area (Å²) in [6.07, 6.45) is 17.1. The van der Waals surface area contributed by atoms with E-state index in [4.69, 9.17) is 9.47 Å². The molecule has 2 aliphatic heterocycles. The quantitative estimate of drug-likeness (QED) is 0.662. The van der Waals surface area contributed by atoms with Gasteiger partial charge in [0.05, 0.1) is 12.5 Å². The van der Waals surface area contributed by atoms with Crippen molar-refractivity contribution < 1.29 is 9.47 Å². The molecule has 0 saturated heterocycles. The maximum Gasteiger partial charge on any atom is 0.122 e. The van der Waals surface area contributed by atoms with Crippen LogP contribution in [-0.4, -0.2) is 0 Å². The molecule has 0 saturated carbocycles. The van der Waals surface area contributed by atoms with E-state index in [1.54, 1.807) is 12.5 Å². The standard InChI is InChI=1S/C12H12O2/c1-3-9-13-11(5-1)7-8-12-6-2-4-10-14-12/h3-10H,1-2H2/b8-7+. The van der Waals surface area contributed by atoms with Crippen molar-refractivity contribution >= 4 is 0 Å². The lowest BCUT2D eigenvalue weighted by Crippen LogP contribution is -1.89. The fourth-order valence-corrected chi connectivity index (χ4v) is 1.21. The van der Waals surface area contributed by atoms with Crippen LogP contribution in [0.4, 0.5) is 0 Å². The predicted molar refractivity (Wildman–Crippen MR) is 55.0 cm³/mol. The SMILES string of the molecule is C1=COC(/C=C/C2=CCC=CO2)=CC1. The van der Waals surface area contributed by atoms with Crippen molar-refractivity contribution in [2.45, 2.75) is 12.8 Å². The molecule has 2 aliphatic rings. The average molecular weight is 188 g/mol. The number of hydrogen-bond donors (Lipinski definition) is 0. The molecule has 72 valence electrons. The summed E-state index contributed by atoms with van der Waals surface area (Å²) in [5.74, 6) is 1.73. The molecule has 14 heavy (non-hydrogen) atoms. The van der Waals surface area contributed by atoms with Gasteiger partial charge in [0.15, 0.2) is 0 Å². The van der Waals surface area contributed by atoms with E-state index in [0.717, 1.165) is 24.4 Å². The normalized spacial score (nSPS) is 20.0. The summed E-state index contributed by atoms with van der Waals surface area (Å²) in [6.45, 7) is 0. The van der Waals surface area contributed by atoms with Gasteiger partial charge in [-0.05, 0) is 49.3 Å². The monoisotopic (exact) mass is 188 g/mol. The van der Waals surface area contributed by atoms with Crippen LogP contribution in [0.15, 0.2) is 60.5 Å². The lowest BCUT2D eigenvalue weighted by Gasteiger charge is -2.07. The van der Waals surface area contributed by atoms with Crippen molar-refractivity contribution in [2.75, 3.05) is 0 Å². The van der Waals surface area contributed by atoms with Crippen molar-refractivity contribution in [3.05, 3.63) is 60.5 Å². The van der Waals surface area contributed by atoms with Gasteiger partial charge in [-0.15, -0.1) is 0 Å². The summed E-state index contributed by atoms with van der Waals surface area (Å²) in [4.78, 5) is 0. The molecule has 0 spiro atoms. The zero-order chi connectivity index (χ0) is 9.64. The molecule has 2 heterocycles. The molecule has 0 fully saturated rings. The van der Waals surface area contributed by atoms with E-state index in [9.17, 15) is 0 Å². The van der Waals surface area contributed by atoms with Crippen molar-refractivity contribution in [3.8, 4) is 0 Å². The second-order valence-electron chi connectivity index (χ2n) is 3.00. The highest BCUT2D eigenvalue weighted by atomic mass is 16.5. The smallest absolute Gasteiger partial charge is 0.122 e. The molecule has 2 nitrogen and oxygen atoms in total. The molecule has 0 aliphatic carbocycles. The minimum Gasteiger partial charge on any atom is -0.466 e. The second-order valence-corrected chi connectivity index (χ2v) is 3.00. The molecule has 0 unspecified atom stereocenters. The van der Waals surface area contributed by atoms with Crippen molar-refractivity contribution in [3.63, 3.8) is 0 Å². The topological polar surface area (TPSA) is 18.5 Å². The highest BCUT2D eigenvalue weighted by Crippen LogP contribution is 2.13. The Hall–Kier alpha value is -1.70. The van der Waals surface area contributed by atoms with Crippen LogP contribution >= 0.6 is 0 Å². The first kappa shape index (κ1) is 8.88. The molecule has 0 radical (unpaired) electrons. The van der Waals surface area contributed by atoms with E-state index in [1.165, 1.54) is 0 Å². The zero-order valence-electron chi connectivity index (χ0n) is 7.85. The van der Waals surface area contributed by atoms with Crippen molar-refractivity contribution in [1.29, 1.82) is 0 Å². The lowest BCUT2D eigenvalue weighted by molar-refractivity contribution is 0.350. The van der Waals surface area contributed by atoms with Gasteiger partial charge in [-0.3, -0.25) is 0 Å². The maximum absolute atomic E-state index is 5.26. The van der Waals surface area contributed by atoms with Gasteiger partial charge >= 0.3 is 0 Å². The Morgan fingerprint density at radius 1 is 0.857 bits per heavy atom. The van der Waals surface area contributed by atoms with Crippen LogP contribution in [0.1, 0.15) is 12.8 Å². The Labute approximate surface area is 83.5 Å². The van der Waals surface area contributed by atoms with Crippen LogP contribution in [0.5, 0.6) is 0 Å². The van der Waals surface area contributed by atoms with Crippen molar-refractivity contribution in [1.82, 2.24) is 0 Å². The molecule has 0 aromatic heterocycles. The molecule has 0 atom stereocenters. The Bertz CT molecular complexity index is 309. The molecular weight excluding hydrogens is 176 g/mol. The summed E-state index contributed by atoms with van der Waals surface area (Å²) < 4.78 is 10.5. The van der Waals surface area contributed by atoms with E-state index in [-0.39, 0.29) is 0 Å². The van der Waals surface area contributed by atoms with Gasteiger partial charge in [-0.2, -0.15) is 0 Å². The zero-order valence-corrected chi connectivity index (χ0v) is 7.85. The van der Waals surface area contributed by atoms with Gasteiger partial charge in [0, 0.05) is 0 Å². The molecule has 0 aromatic carbocycles. The first-order chi connectivity index (χ1) is 6.95. The molecule has 2 rings (SSSR count). The third-order valence-corrected chi connectivity index (χ3v) is 1.92. The number of ether oxygens (including phenoxy) is 2. The Balaban J connectivity index is 1.93. The van der Waals surface area contributed by atoms with Crippen LogP contribution < -0.4 is 0 Å². The fourth-order valence-electron chi connectivity index (χ4n) is 1.21. The highest BCUT2D eigenvalue weighted by Gasteiger charge is 1.97. The summed E-state index contributed by atoms with van der Waals surface area (Å²) in [7, 11) is 0. The second kappa shape index (κ2) is 4.51. The average Bonchev–Trinajstić information content (AvgIpc) is 2.29. The maximum atomic E-state index is 5.26. The molecular formula is C12H12O2. The predicted octanol–water partition coefficient (Wildman–Crippen LogP) is 3.18. The summed E-state index contributed by atoms with van der Waals surface area (Å²) in [5, 5.41) is 0. The fraction of sp³-hybridized carbons (Fsp3) is 0.167. The summed E-state index contributed by atoms with van der Waals surface area (Å²) in [6, 6.07) is 0. The largest absolute Gasteiger partial charge is 0.466 e. The van der Waals surface area contributed by atoms with Gasteiger partial charge in [0.2, 0.25) is 0 Å². The minimum absolute atomic E-state index is 0.867. The van der Waals surface area contributed by atoms with E-state index in [1.807, 2.05) is 36.5 Å². The van der Waals surface area contributed by atoms with E-state index in [2.05, 4.69) is 0 Å². The third kappa shape index (κ3) is 2.39. The Kier molecular flexibility index (Phi) is 2.86. The first-order valence-electron chi connectivity index (χ1n) is 4.67. The van der Waals surface area contributed by atoms with E-state index < -0.39 is 0 Å². The van der Waals surface area contributed by atoms with Gasteiger partial charge in [-0.1, -0.05) is 0 Å². The van der Waals surface area contributed by atoms with Gasteiger partial charge in [-0.25, -0.2) is 0 Å². The lowest BCUT2D eigenvalue weighted by atomic mass is 10.2. The van der Waals surface area contributed by atoms with Gasteiger partial charge in [0.25, 0.3) is 0 Å². The Morgan fingerprint density at radius 2 is 1.36 bits per heavy atom. The Morgan fingerprint density at radius 3 is 1.71 bits per heavy atom. The minimum atomic E-state index is 0.867. The van der Waals surface area contributed by atoms with Crippen LogP contribution in [0, 0.1) is 0 Å². The van der Waals surface area contributed by atoms with Crippen molar-refractivity contribution in [2.24, 2.45) is 0 Å². The van der Waals surface area contributed by atoms with Crippen LogP contribution in [0.25, 0.3) is 0 Å². The van der Waals surface area contributed by atoms with Crippen LogP contribution in [0.2, 0.25) is 0 Å². The van der Waals surface area contributed by atoms with Gasteiger partial charge in [0.1, 0.15) is 11.5 Å². The molecule has 0 amide bonds. The van der Waals surface area contributed by atoms with Gasteiger partial charge < -0.3 is 9.47 Å². The van der Waals surface area contributed by atoms with Crippen LogP contribution in [0.3, 0.4) is 0 Å². The summed E-state index contributed by atoms with van der Waals surface area (Å²) in [5.41, 5.74) is 0. The number of rotatable bonds is 2. The van der Waals surface area contributed by atoms with Crippen LogP contribution in [-0.2, 0) is 9.47 Å². The third-order valence-electron chi connectivity index (χ3n) is 1.92. The number of allylic oxidation sites excluding steroid dienone is 6. The summed E-state index contributed by atoms with van der Waals surface area (Å²) >= 11 is 0. The first-order valence-corrected chi connectivity index (χ1v) is 4.67. The molecule has 2 heteroatoms.